The predicted molar refractivity (Wildman–Crippen MR) is 172 cm³/mol. The fourth-order valence-electron chi connectivity index (χ4n) is 7.30. The third kappa shape index (κ3) is 6.90. The number of amides is 2. The van der Waals surface area contributed by atoms with Gasteiger partial charge in [0.2, 0.25) is 11.8 Å². The van der Waals surface area contributed by atoms with Crippen LogP contribution < -0.4 is 0 Å². The Labute approximate surface area is 299 Å². The van der Waals surface area contributed by atoms with Gasteiger partial charge in [0.25, 0.3) is 5.60 Å². The van der Waals surface area contributed by atoms with Gasteiger partial charge in [0.1, 0.15) is 22.2 Å². The molecule has 3 aromatic rings. The second-order valence-electron chi connectivity index (χ2n) is 13.3. The Balaban J connectivity index is 1.59. The van der Waals surface area contributed by atoms with Gasteiger partial charge in [0, 0.05) is 44.2 Å². The van der Waals surface area contributed by atoms with Crippen LogP contribution in [-0.4, -0.2) is 68.6 Å². The highest BCUT2D eigenvalue weighted by Gasteiger charge is 2.73. The molecule has 17 heteroatoms. The first kappa shape index (κ1) is 40.1. The molecule has 0 saturated carbocycles. The van der Waals surface area contributed by atoms with Crippen molar-refractivity contribution in [1.82, 2.24) is 9.80 Å². The first-order valence-electron chi connectivity index (χ1n) is 16.5. The van der Waals surface area contributed by atoms with Crippen LogP contribution in [0.15, 0.2) is 71.6 Å². The van der Waals surface area contributed by atoms with Crippen LogP contribution in [0.2, 0.25) is 0 Å². The molecule has 0 aromatic heterocycles. The highest BCUT2D eigenvalue weighted by molar-refractivity contribution is 7.92. The molecule has 53 heavy (non-hydrogen) atoms. The molecule has 288 valence electrons. The van der Waals surface area contributed by atoms with Crippen LogP contribution in [-0.2, 0) is 41.1 Å². The number of benzene rings is 3. The van der Waals surface area contributed by atoms with Crippen molar-refractivity contribution in [3.63, 3.8) is 0 Å². The summed E-state index contributed by atoms with van der Waals surface area (Å²) in [6.45, 7) is 1.23. The van der Waals surface area contributed by atoms with Crippen molar-refractivity contribution in [3.8, 4) is 0 Å². The monoisotopic (exact) mass is 778 g/mol. The van der Waals surface area contributed by atoms with Crippen molar-refractivity contribution in [2.24, 2.45) is 5.41 Å². The Hall–Kier alpha value is -4.12. The molecule has 2 aliphatic heterocycles. The standard InChI is InChI=1S/C36H35F9N2O5S/c1-3-32(15-18-46(19-16-32)23(2)48)31(49)47-20-17-33(22-47,53(50,51)27-13-11-26(37)12-14-27)24-7-9-25(10-8-24)34(35(40,41)42,36(43,44)45)52-21-28-29(38)5-4-6-30(28)39/h4-14H,3,15-22H2,1-2H3/t33-/m0/s1. The largest absolute Gasteiger partial charge is 0.430 e. The van der Waals surface area contributed by atoms with Gasteiger partial charge < -0.3 is 14.5 Å². The summed E-state index contributed by atoms with van der Waals surface area (Å²) in [4.78, 5) is 28.6. The first-order chi connectivity index (χ1) is 24.7. The Morgan fingerprint density at radius 1 is 0.774 bits per heavy atom. The van der Waals surface area contributed by atoms with Crippen molar-refractivity contribution in [2.45, 2.75) is 73.7 Å². The second kappa shape index (κ2) is 14.3. The van der Waals surface area contributed by atoms with E-state index in [1.165, 1.54) is 11.8 Å². The molecule has 2 saturated heterocycles. The Bertz CT molecular complexity index is 1910. The van der Waals surface area contributed by atoms with E-state index in [9.17, 15) is 57.5 Å². The van der Waals surface area contributed by atoms with Crippen molar-refractivity contribution in [3.05, 3.63) is 101 Å². The smallest absolute Gasteiger partial charge is 0.349 e. The van der Waals surface area contributed by atoms with Gasteiger partial charge in [0.15, 0.2) is 9.84 Å². The maximum Gasteiger partial charge on any atom is 0.430 e. The third-order valence-corrected chi connectivity index (χ3v) is 13.1. The lowest BCUT2D eigenvalue weighted by Crippen LogP contribution is -2.56. The third-order valence-electron chi connectivity index (χ3n) is 10.6. The Morgan fingerprint density at radius 2 is 1.30 bits per heavy atom. The minimum atomic E-state index is -6.24. The van der Waals surface area contributed by atoms with E-state index in [0.29, 0.717) is 30.7 Å². The maximum atomic E-state index is 14.6. The molecular formula is C36H35F9N2O5S. The summed E-state index contributed by atoms with van der Waals surface area (Å²) in [5.41, 5.74) is -9.09. The molecular weight excluding hydrogens is 743 g/mol. The van der Waals surface area contributed by atoms with Gasteiger partial charge in [-0.1, -0.05) is 37.3 Å². The number of sulfone groups is 1. The van der Waals surface area contributed by atoms with Gasteiger partial charge in [-0.15, -0.1) is 0 Å². The summed E-state index contributed by atoms with van der Waals surface area (Å²) < 4.78 is 161. The summed E-state index contributed by atoms with van der Waals surface area (Å²) in [5.74, 6) is -4.26. The number of nitrogens with zero attached hydrogens (tertiary/aromatic N) is 2. The minimum Gasteiger partial charge on any atom is -0.349 e. The van der Waals surface area contributed by atoms with E-state index < -0.39 is 90.5 Å². The number of rotatable bonds is 9. The second-order valence-corrected chi connectivity index (χ2v) is 15.6. The van der Waals surface area contributed by atoms with E-state index in [1.54, 1.807) is 11.8 Å². The number of alkyl halides is 6. The predicted octanol–water partition coefficient (Wildman–Crippen LogP) is 7.58. The molecule has 0 N–H and O–H groups in total. The van der Waals surface area contributed by atoms with Crippen molar-refractivity contribution < 1.29 is 62.3 Å². The van der Waals surface area contributed by atoms with Crippen molar-refractivity contribution >= 4 is 21.7 Å². The van der Waals surface area contributed by atoms with Gasteiger partial charge in [0.05, 0.1) is 16.9 Å². The number of piperidine rings is 1. The van der Waals surface area contributed by atoms with Crippen LogP contribution in [0.5, 0.6) is 0 Å². The first-order valence-corrected chi connectivity index (χ1v) is 18.0. The lowest BCUT2D eigenvalue weighted by molar-refractivity contribution is -0.392. The maximum absolute atomic E-state index is 14.6. The fourth-order valence-corrected chi connectivity index (χ4v) is 9.38. The summed E-state index contributed by atoms with van der Waals surface area (Å²) in [6.07, 6.45) is -11.9. The molecule has 2 fully saturated rings. The molecule has 2 aliphatic rings. The number of hydrogen-bond donors (Lipinski definition) is 0. The minimum absolute atomic E-state index is 0.161. The van der Waals surface area contributed by atoms with Gasteiger partial charge in [-0.25, -0.2) is 21.6 Å². The van der Waals surface area contributed by atoms with E-state index in [1.807, 2.05) is 0 Å². The normalized spacial score (nSPS) is 19.8. The summed E-state index contributed by atoms with van der Waals surface area (Å²) in [6, 6.07) is 8.06. The molecule has 2 heterocycles. The molecule has 3 aromatic carbocycles. The van der Waals surface area contributed by atoms with E-state index in [0.717, 1.165) is 42.5 Å². The number of likely N-dealkylation sites (tertiary alicyclic amines) is 2. The van der Waals surface area contributed by atoms with Gasteiger partial charge >= 0.3 is 12.4 Å². The zero-order chi connectivity index (χ0) is 39.2. The average Bonchev–Trinajstić information content (AvgIpc) is 3.56. The zero-order valence-corrected chi connectivity index (χ0v) is 29.3. The van der Waals surface area contributed by atoms with Crippen LogP contribution in [0.1, 0.15) is 56.2 Å². The molecule has 0 spiro atoms. The summed E-state index contributed by atoms with van der Waals surface area (Å²) in [7, 11) is -4.65. The van der Waals surface area contributed by atoms with Gasteiger partial charge in [-0.2, -0.15) is 26.3 Å². The van der Waals surface area contributed by atoms with E-state index in [-0.39, 0.29) is 50.4 Å². The lowest BCUT2D eigenvalue weighted by Gasteiger charge is -2.42. The van der Waals surface area contributed by atoms with E-state index in [2.05, 4.69) is 4.74 Å². The molecule has 0 unspecified atom stereocenters. The lowest BCUT2D eigenvalue weighted by atomic mass is 9.75. The van der Waals surface area contributed by atoms with Crippen LogP contribution in [0.4, 0.5) is 39.5 Å². The molecule has 0 radical (unpaired) electrons. The molecule has 7 nitrogen and oxygen atoms in total. The molecule has 0 bridgehead atoms. The quantitative estimate of drug-likeness (QED) is 0.165. The summed E-state index contributed by atoms with van der Waals surface area (Å²) in [5, 5.41) is 0. The summed E-state index contributed by atoms with van der Waals surface area (Å²) >= 11 is 0. The molecule has 0 aliphatic carbocycles. The number of carbonyl (C=O) groups excluding carboxylic acids is 2. The Kier molecular flexibility index (Phi) is 10.8. The van der Waals surface area contributed by atoms with Crippen molar-refractivity contribution in [2.75, 3.05) is 26.2 Å². The topological polar surface area (TPSA) is 84.0 Å². The molecule has 2 amide bonds. The van der Waals surface area contributed by atoms with Crippen LogP contribution in [0, 0.1) is 22.9 Å². The average molecular weight is 779 g/mol. The van der Waals surface area contributed by atoms with Gasteiger partial charge in [-0.05, 0) is 67.6 Å². The SMILES string of the molecule is CCC1(C(=O)N2CC[C@](c3ccc(C(OCc4c(F)cccc4F)(C(F)(F)F)C(F)(F)F)cc3)(S(=O)(=O)c3ccc(F)cc3)C2)CCN(C(C)=O)CC1. The highest BCUT2D eigenvalue weighted by atomic mass is 32.2. The zero-order valence-electron chi connectivity index (χ0n) is 28.5. The molecule has 1 atom stereocenters. The van der Waals surface area contributed by atoms with Crippen LogP contribution in [0.3, 0.4) is 0 Å². The van der Waals surface area contributed by atoms with E-state index >= 15 is 0 Å². The number of hydrogen-bond acceptors (Lipinski definition) is 5. The van der Waals surface area contributed by atoms with Crippen molar-refractivity contribution in [1.29, 1.82) is 0 Å². The fraction of sp³-hybridized carbons (Fsp3) is 0.444. The highest BCUT2D eigenvalue weighted by Crippen LogP contribution is 2.54. The number of carbonyl (C=O) groups is 2. The van der Waals surface area contributed by atoms with Gasteiger partial charge in [-0.3, -0.25) is 9.59 Å². The van der Waals surface area contributed by atoms with Crippen LogP contribution >= 0.6 is 0 Å². The Morgan fingerprint density at radius 3 is 1.79 bits per heavy atom. The number of halogens is 9. The molecule has 5 rings (SSSR count). The van der Waals surface area contributed by atoms with E-state index in [4.69, 9.17) is 0 Å². The van der Waals surface area contributed by atoms with Crippen LogP contribution in [0.25, 0.3) is 0 Å². The number of ether oxygens (including phenoxy) is 1.